The SMILES string of the molecule is Cc1cc(C(C)(C)C)c([O][Ti])c(C(C)(C)C)c1.Cl.Cl. The van der Waals surface area contributed by atoms with Crippen molar-refractivity contribution in [2.45, 2.75) is 59.3 Å². The van der Waals surface area contributed by atoms with Crippen molar-refractivity contribution < 1.29 is 24.1 Å². The maximum Gasteiger partial charge on any atom is -0.147 e. The number of hydrogen-bond acceptors (Lipinski definition) is 1. The van der Waals surface area contributed by atoms with Crippen LogP contribution in [-0.2, 0) is 31.7 Å². The summed E-state index contributed by atoms with van der Waals surface area (Å²) in [4.78, 5) is 0. The number of hydrogen-bond donors (Lipinski definition) is 0. The molecule has 0 unspecified atom stereocenters. The average Bonchev–Trinajstić information content (AvgIpc) is 2.13. The molecule has 0 aliphatic rings. The molecule has 1 aromatic rings. The molecule has 0 saturated heterocycles. The minimum atomic E-state index is 0. The topological polar surface area (TPSA) is 9.23 Å². The second kappa shape index (κ2) is 7.36. The van der Waals surface area contributed by atoms with Crippen LogP contribution in [0.2, 0.25) is 0 Å². The third kappa shape index (κ3) is 5.30. The first-order valence-corrected chi connectivity index (χ1v) is 6.70. The van der Waals surface area contributed by atoms with Crippen LogP contribution in [0.15, 0.2) is 12.1 Å². The van der Waals surface area contributed by atoms with Gasteiger partial charge in [-0.15, -0.1) is 24.8 Å². The van der Waals surface area contributed by atoms with Gasteiger partial charge in [0.1, 0.15) is 0 Å². The van der Waals surface area contributed by atoms with Gasteiger partial charge in [0.25, 0.3) is 0 Å². The molecule has 19 heavy (non-hydrogen) atoms. The van der Waals surface area contributed by atoms with Crippen LogP contribution in [0, 0.1) is 6.92 Å². The normalized spacial score (nSPS) is 11.3. The van der Waals surface area contributed by atoms with Gasteiger partial charge in [0.2, 0.25) is 0 Å². The van der Waals surface area contributed by atoms with E-state index in [2.05, 4.69) is 60.6 Å². The quantitative estimate of drug-likeness (QED) is 0.633. The summed E-state index contributed by atoms with van der Waals surface area (Å²) < 4.78 is 5.68. The molecule has 0 aliphatic heterocycles. The van der Waals surface area contributed by atoms with Gasteiger partial charge >= 0.3 is 118 Å². The van der Waals surface area contributed by atoms with Crippen molar-refractivity contribution in [3.63, 3.8) is 0 Å². The van der Waals surface area contributed by atoms with Gasteiger partial charge in [0.15, 0.2) is 0 Å². The van der Waals surface area contributed by atoms with Crippen molar-refractivity contribution in [2.24, 2.45) is 0 Å². The predicted octanol–water partition coefficient (Wildman–Crippen LogP) is 5.27. The fourth-order valence-electron chi connectivity index (χ4n) is 2.00. The van der Waals surface area contributed by atoms with Crippen LogP contribution in [0.3, 0.4) is 0 Å². The van der Waals surface area contributed by atoms with Crippen LogP contribution in [-0.4, -0.2) is 0 Å². The molecule has 0 saturated carbocycles. The van der Waals surface area contributed by atoms with E-state index in [1.54, 1.807) is 20.8 Å². The molecule has 0 aliphatic carbocycles. The summed E-state index contributed by atoms with van der Waals surface area (Å²) in [5.74, 6) is 1.05. The molecule has 1 nitrogen and oxygen atoms in total. The second-order valence-corrected chi connectivity index (χ2v) is 7.11. The van der Waals surface area contributed by atoms with Gasteiger partial charge in [-0.2, -0.15) is 0 Å². The Bertz CT molecular complexity index is 382. The standard InChI is InChI=1S/C15H24O.2ClH.Ti/c1-10-8-11(14(2,3)4)13(16)12(9-10)15(5,6)7;;;/h8-9,16H,1-7H3;2*1H;/q;;;+1/p-1. The molecule has 0 spiro atoms. The Kier molecular flexibility index (Phi) is 8.37. The van der Waals surface area contributed by atoms with Gasteiger partial charge < -0.3 is 0 Å². The van der Waals surface area contributed by atoms with Crippen LogP contribution in [0.5, 0.6) is 5.75 Å². The van der Waals surface area contributed by atoms with E-state index < -0.39 is 0 Å². The van der Waals surface area contributed by atoms with E-state index in [4.69, 9.17) is 3.32 Å². The van der Waals surface area contributed by atoms with Crippen LogP contribution in [0.25, 0.3) is 0 Å². The zero-order valence-corrected chi connectivity index (χ0v) is 16.1. The molecule has 0 amide bonds. The molecule has 0 radical (unpaired) electrons. The Morgan fingerprint density at radius 3 is 1.37 bits per heavy atom. The molecule has 0 bridgehead atoms. The van der Waals surface area contributed by atoms with Crippen molar-refractivity contribution in [3.05, 3.63) is 28.8 Å². The van der Waals surface area contributed by atoms with Crippen molar-refractivity contribution >= 4 is 24.8 Å². The molecule has 1 rings (SSSR count). The summed E-state index contributed by atoms with van der Waals surface area (Å²) in [6.45, 7) is 15.6. The van der Waals surface area contributed by atoms with Gasteiger partial charge in [-0.25, -0.2) is 0 Å². The zero-order chi connectivity index (χ0) is 13.4. The smallest absolute Gasteiger partial charge is 0.147 e. The molecular formula is C15H25Cl2OTi. The zero-order valence-electron chi connectivity index (χ0n) is 12.9. The summed E-state index contributed by atoms with van der Waals surface area (Å²) in [6.07, 6.45) is 0. The average molecular weight is 340 g/mol. The fourth-order valence-corrected chi connectivity index (χ4v) is 2.34. The molecule has 0 atom stereocenters. The number of halogens is 2. The third-order valence-electron chi connectivity index (χ3n) is 2.95. The minimum absolute atomic E-state index is 0. The number of rotatable bonds is 1. The van der Waals surface area contributed by atoms with E-state index in [0.717, 1.165) is 5.75 Å². The van der Waals surface area contributed by atoms with Gasteiger partial charge in [0.05, 0.1) is 0 Å². The molecule has 109 valence electrons. The Labute approximate surface area is 142 Å². The Balaban J connectivity index is 0. The van der Waals surface area contributed by atoms with E-state index in [1.165, 1.54) is 16.7 Å². The van der Waals surface area contributed by atoms with E-state index >= 15 is 0 Å². The van der Waals surface area contributed by atoms with Gasteiger partial charge in [-0.1, -0.05) is 0 Å². The molecule has 0 aromatic heterocycles. The summed E-state index contributed by atoms with van der Waals surface area (Å²) in [7, 11) is 0. The van der Waals surface area contributed by atoms with Crippen LogP contribution in [0.1, 0.15) is 58.2 Å². The summed E-state index contributed by atoms with van der Waals surface area (Å²) in [5.41, 5.74) is 4.12. The fraction of sp³-hybridized carbons (Fsp3) is 0.600. The summed E-state index contributed by atoms with van der Waals surface area (Å²) in [5, 5.41) is 0. The van der Waals surface area contributed by atoms with Crippen molar-refractivity contribution in [2.75, 3.05) is 0 Å². The Morgan fingerprint density at radius 1 is 0.842 bits per heavy atom. The number of benzene rings is 1. The maximum absolute atomic E-state index is 5.68. The van der Waals surface area contributed by atoms with E-state index in [-0.39, 0.29) is 35.6 Å². The van der Waals surface area contributed by atoms with Crippen molar-refractivity contribution in [3.8, 4) is 5.75 Å². The van der Waals surface area contributed by atoms with Crippen molar-refractivity contribution in [1.29, 1.82) is 0 Å². The summed E-state index contributed by atoms with van der Waals surface area (Å²) >= 11 is 1.77. The Hall–Kier alpha value is 0.314. The minimum Gasteiger partial charge on any atom is -0.147 e. The van der Waals surface area contributed by atoms with Gasteiger partial charge in [-0.05, 0) is 0 Å². The van der Waals surface area contributed by atoms with Gasteiger partial charge in [-0.3, -0.25) is 0 Å². The predicted molar refractivity (Wildman–Crippen MR) is 83.7 cm³/mol. The number of aryl methyl sites for hydroxylation is 1. The molecule has 1 aromatic carbocycles. The third-order valence-corrected chi connectivity index (χ3v) is 3.27. The van der Waals surface area contributed by atoms with Crippen LogP contribution in [0.4, 0.5) is 0 Å². The van der Waals surface area contributed by atoms with Crippen LogP contribution >= 0.6 is 24.8 Å². The van der Waals surface area contributed by atoms with Crippen LogP contribution < -0.4 is 3.32 Å². The first-order valence-electron chi connectivity index (χ1n) is 6.06. The van der Waals surface area contributed by atoms with E-state index in [0.29, 0.717) is 0 Å². The monoisotopic (exact) mass is 339 g/mol. The molecule has 4 heteroatoms. The van der Waals surface area contributed by atoms with E-state index in [1.807, 2.05) is 0 Å². The second-order valence-electron chi connectivity index (χ2n) is 6.79. The first kappa shape index (κ1) is 21.6. The summed E-state index contributed by atoms with van der Waals surface area (Å²) in [6, 6.07) is 4.49. The molecule has 0 N–H and O–H groups in total. The molecule has 0 heterocycles. The molecule has 0 fully saturated rings. The van der Waals surface area contributed by atoms with E-state index in [9.17, 15) is 0 Å². The molecular weight excluding hydrogens is 315 g/mol. The van der Waals surface area contributed by atoms with Crippen molar-refractivity contribution in [1.82, 2.24) is 0 Å². The maximum atomic E-state index is 5.68. The van der Waals surface area contributed by atoms with Gasteiger partial charge in [0, 0.05) is 0 Å². The largest absolute Gasteiger partial charge is 0.147 e. The first-order chi connectivity index (χ1) is 7.57. The Morgan fingerprint density at radius 2 is 1.16 bits per heavy atom.